The van der Waals surface area contributed by atoms with E-state index in [0.717, 1.165) is 11.3 Å². The molecule has 0 saturated carbocycles. The summed E-state index contributed by atoms with van der Waals surface area (Å²) in [6.45, 7) is 0. The van der Waals surface area contributed by atoms with Gasteiger partial charge in [-0.3, -0.25) is 24.3 Å². The first-order chi connectivity index (χ1) is 14.7. The van der Waals surface area contributed by atoms with Crippen LogP contribution >= 0.6 is 11.3 Å². The van der Waals surface area contributed by atoms with Crippen LogP contribution in [-0.2, 0) is 0 Å². The minimum Gasteiger partial charge on any atom is -0.298 e. The van der Waals surface area contributed by atoms with Crippen molar-refractivity contribution in [2.24, 2.45) is 0 Å². The molecule has 2 N–H and O–H groups in total. The van der Waals surface area contributed by atoms with Crippen LogP contribution in [0, 0.1) is 0 Å². The predicted molar refractivity (Wildman–Crippen MR) is 108 cm³/mol. The third-order valence-electron chi connectivity index (χ3n) is 4.26. The molecular weight excluding hydrogens is 406 g/mol. The number of nitrogens with zero attached hydrogens (tertiary/aromatic N) is 7. The predicted octanol–water partition coefficient (Wildman–Crippen LogP) is 1.65. The van der Waals surface area contributed by atoms with Gasteiger partial charge in [-0.15, -0.1) is 21.5 Å². The first-order valence-corrected chi connectivity index (χ1v) is 9.49. The number of hydrogen-bond acceptors (Lipinski definition) is 9. The molecular formula is C18H11N9O2S. The lowest BCUT2D eigenvalue weighted by molar-refractivity contribution is 0.102. The van der Waals surface area contributed by atoms with Crippen LogP contribution in [0.4, 0.5) is 5.13 Å². The number of tetrazole rings is 1. The van der Waals surface area contributed by atoms with E-state index in [2.05, 4.69) is 40.9 Å². The van der Waals surface area contributed by atoms with Crippen LogP contribution in [0.1, 0.15) is 10.4 Å². The molecule has 5 heterocycles. The Morgan fingerprint density at radius 1 is 1.20 bits per heavy atom. The van der Waals surface area contributed by atoms with E-state index in [9.17, 15) is 9.59 Å². The number of amides is 1. The van der Waals surface area contributed by atoms with Crippen LogP contribution in [0.3, 0.4) is 0 Å². The van der Waals surface area contributed by atoms with E-state index >= 15 is 0 Å². The summed E-state index contributed by atoms with van der Waals surface area (Å²) in [5.41, 5.74) is 2.15. The van der Waals surface area contributed by atoms with E-state index < -0.39 is 0 Å². The zero-order valence-electron chi connectivity index (χ0n) is 15.1. The van der Waals surface area contributed by atoms with E-state index in [4.69, 9.17) is 0 Å². The highest BCUT2D eigenvalue weighted by Gasteiger charge is 2.14. The molecule has 0 aliphatic heterocycles. The van der Waals surface area contributed by atoms with Crippen molar-refractivity contribution in [2.45, 2.75) is 0 Å². The van der Waals surface area contributed by atoms with Crippen LogP contribution in [0.2, 0.25) is 0 Å². The van der Waals surface area contributed by atoms with Crippen molar-refractivity contribution < 1.29 is 4.79 Å². The molecule has 0 fully saturated rings. The monoisotopic (exact) mass is 417 g/mol. The largest absolute Gasteiger partial charge is 0.298 e. The molecule has 1 amide bonds. The van der Waals surface area contributed by atoms with Gasteiger partial charge in [0.1, 0.15) is 11.2 Å². The Bertz CT molecular complexity index is 1410. The van der Waals surface area contributed by atoms with Crippen molar-refractivity contribution in [1.29, 1.82) is 0 Å². The van der Waals surface area contributed by atoms with Gasteiger partial charge in [0, 0.05) is 41.3 Å². The van der Waals surface area contributed by atoms with Gasteiger partial charge in [0.15, 0.2) is 5.13 Å². The second-order valence-corrected chi connectivity index (χ2v) is 6.94. The number of nitrogens with one attached hydrogen (secondary N) is 2. The Morgan fingerprint density at radius 2 is 2.07 bits per heavy atom. The lowest BCUT2D eigenvalue weighted by Crippen LogP contribution is -2.19. The van der Waals surface area contributed by atoms with Gasteiger partial charge in [0.2, 0.25) is 5.82 Å². The van der Waals surface area contributed by atoms with Crippen molar-refractivity contribution in [3.05, 3.63) is 70.4 Å². The molecule has 0 aliphatic rings. The summed E-state index contributed by atoms with van der Waals surface area (Å²) in [7, 11) is 0. The number of aromatic amines is 1. The zero-order chi connectivity index (χ0) is 20.5. The van der Waals surface area contributed by atoms with Gasteiger partial charge in [-0.05, 0) is 29.5 Å². The fourth-order valence-electron chi connectivity index (χ4n) is 2.80. The summed E-state index contributed by atoms with van der Waals surface area (Å²) in [4.78, 5) is 37.9. The lowest BCUT2D eigenvalue weighted by atomic mass is 10.2. The van der Waals surface area contributed by atoms with Gasteiger partial charge in [-0.1, -0.05) is 0 Å². The van der Waals surface area contributed by atoms with E-state index in [1.807, 2.05) is 17.5 Å². The van der Waals surface area contributed by atoms with Crippen LogP contribution in [0.25, 0.3) is 28.3 Å². The average molecular weight is 417 g/mol. The van der Waals surface area contributed by atoms with Gasteiger partial charge in [0.25, 0.3) is 11.5 Å². The van der Waals surface area contributed by atoms with Gasteiger partial charge < -0.3 is 0 Å². The molecule has 11 nitrogen and oxygen atoms in total. The number of anilines is 1. The molecule has 146 valence electrons. The van der Waals surface area contributed by atoms with Crippen molar-refractivity contribution in [2.75, 3.05) is 5.32 Å². The molecule has 0 saturated heterocycles. The van der Waals surface area contributed by atoms with Crippen molar-refractivity contribution in [3.63, 3.8) is 0 Å². The molecule has 12 heteroatoms. The van der Waals surface area contributed by atoms with Crippen molar-refractivity contribution in [3.8, 4) is 22.6 Å². The highest BCUT2D eigenvalue weighted by Crippen LogP contribution is 2.24. The smallest absolute Gasteiger partial charge is 0.269 e. The summed E-state index contributed by atoms with van der Waals surface area (Å²) in [6, 6.07) is 6.74. The number of thiazole rings is 1. The Labute approximate surface area is 171 Å². The van der Waals surface area contributed by atoms with Gasteiger partial charge in [0.05, 0.1) is 5.69 Å². The van der Waals surface area contributed by atoms with Gasteiger partial charge in [-0.25, -0.2) is 9.97 Å². The second kappa shape index (κ2) is 7.25. The number of aromatic nitrogens is 8. The summed E-state index contributed by atoms with van der Waals surface area (Å²) >= 11 is 1.32. The average Bonchev–Trinajstić information content (AvgIpc) is 3.47. The normalized spacial score (nSPS) is 10.9. The number of carbonyl (C=O) groups is 1. The first-order valence-electron chi connectivity index (χ1n) is 8.61. The number of pyridine rings is 2. The Kier molecular flexibility index (Phi) is 4.29. The minimum absolute atomic E-state index is 0.150. The standard InChI is InChI=1S/C18H11N9O2S/c28-16(22-18-21-13(9-30-18)10-1-4-19-5-2-10)11-3-6-27-14(7-11)20-8-12(17(27)29)15-23-25-26-24-15/h1-9H,(H,21,22,28)(H,23,24,25,26). The Hall–Kier alpha value is -4.32. The SMILES string of the molecule is O=C(Nc1nc(-c2ccncc2)cs1)c1ccn2c(=O)c(-c3nn[nH]n3)cnc2c1. The third kappa shape index (κ3) is 3.20. The highest BCUT2D eigenvalue weighted by atomic mass is 32.1. The molecule has 0 spiro atoms. The summed E-state index contributed by atoms with van der Waals surface area (Å²) in [6.07, 6.45) is 6.20. The van der Waals surface area contributed by atoms with Crippen molar-refractivity contribution in [1.82, 2.24) is 40.0 Å². The molecule has 0 radical (unpaired) electrons. The summed E-state index contributed by atoms with van der Waals surface area (Å²) < 4.78 is 1.31. The Morgan fingerprint density at radius 3 is 2.87 bits per heavy atom. The second-order valence-electron chi connectivity index (χ2n) is 6.08. The quantitative estimate of drug-likeness (QED) is 0.449. The number of fused-ring (bicyclic) bond motifs is 1. The minimum atomic E-state index is -0.365. The van der Waals surface area contributed by atoms with Crippen LogP contribution in [-0.4, -0.2) is 45.9 Å². The summed E-state index contributed by atoms with van der Waals surface area (Å²) in [5, 5.41) is 18.4. The van der Waals surface area contributed by atoms with E-state index in [1.165, 1.54) is 40.3 Å². The maximum Gasteiger partial charge on any atom is 0.269 e. The number of hydrogen-bond donors (Lipinski definition) is 2. The zero-order valence-corrected chi connectivity index (χ0v) is 15.9. The molecule has 0 aliphatic carbocycles. The number of carbonyl (C=O) groups excluding carboxylic acids is 1. The molecule has 0 atom stereocenters. The molecule has 5 rings (SSSR count). The Balaban J connectivity index is 1.41. The fourth-order valence-corrected chi connectivity index (χ4v) is 3.52. The maximum atomic E-state index is 12.6. The van der Waals surface area contributed by atoms with Crippen molar-refractivity contribution >= 4 is 28.0 Å². The molecule has 0 unspecified atom stereocenters. The first kappa shape index (κ1) is 17.8. The molecule has 0 bridgehead atoms. The van der Waals surface area contributed by atoms with Gasteiger partial charge in [-0.2, -0.15) is 5.21 Å². The number of rotatable bonds is 4. The maximum absolute atomic E-state index is 12.6. The van der Waals surface area contributed by atoms with E-state index in [0.29, 0.717) is 16.3 Å². The number of H-pyrrole nitrogens is 1. The topological polar surface area (TPSA) is 144 Å². The van der Waals surface area contributed by atoms with Crippen LogP contribution in [0.5, 0.6) is 0 Å². The molecule has 5 aromatic heterocycles. The molecule has 0 aromatic carbocycles. The third-order valence-corrected chi connectivity index (χ3v) is 5.02. The highest BCUT2D eigenvalue weighted by molar-refractivity contribution is 7.14. The van der Waals surface area contributed by atoms with Gasteiger partial charge >= 0.3 is 0 Å². The lowest BCUT2D eigenvalue weighted by Gasteiger charge is -2.05. The van der Waals surface area contributed by atoms with E-state index in [1.54, 1.807) is 12.4 Å². The summed E-state index contributed by atoms with van der Waals surface area (Å²) in [5.74, 6) is -0.206. The molecule has 30 heavy (non-hydrogen) atoms. The fraction of sp³-hybridized carbons (Fsp3) is 0. The van der Waals surface area contributed by atoms with E-state index in [-0.39, 0.29) is 22.9 Å². The van der Waals surface area contributed by atoms with Crippen LogP contribution < -0.4 is 10.9 Å². The van der Waals surface area contributed by atoms with Crippen LogP contribution in [0.15, 0.2) is 59.2 Å². The molecule has 5 aromatic rings.